The maximum atomic E-state index is 13.3. The third kappa shape index (κ3) is 9.72. The van der Waals surface area contributed by atoms with Crippen molar-refractivity contribution in [1.29, 1.82) is 0 Å². The molecule has 0 spiro atoms. The zero-order chi connectivity index (χ0) is 28.2. The van der Waals surface area contributed by atoms with E-state index in [4.69, 9.17) is 4.74 Å². The molecule has 0 unspecified atom stereocenters. The molecule has 1 fully saturated rings. The first kappa shape index (κ1) is 29.6. The highest BCUT2D eigenvalue weighted by atomic mass is 16.5. The van der Waals surface area contributed by atoms with Crippen molar-refractivity contribution in [1.82, 2.24) is 21.3 Å². The first-order valence-corrected chi connectivity index (χ1v) is 13.3. The summed E-state index contributed by atoms with van der Waals surface area (Å²) in [6.07, 6.45) is -1.45. The molecule has 0 radical (unpaired) electrons. The Kier molecular flexibility index (Phi) is 11.3. The predicted octanol–water partition coefficient (Wildman–Crippen LogP) is 2.02. The van der Waals surface area contributed by atoms with Crippen molar-refractivity contribution in [3.8, 4) is 0 Å². The lowest BCUT2D eigenvalue weighted by molar-refractivity contribution is -0.134. The standard InChI is InChI=1S/C29H38N4O6/c1-19(2)15-24(33-29(38)39-18-21-11-7-4-8-12-21)27(36)32-23(16-22-13-14-30-26(22)35)25(34)28(37)31-17-20-9-5-3-6-10-20/h3-12,19,22-25,34H,13-18H2,1-2H3,(H,30,35)(H,31,37)(H,32,36)(H,33,38)/t22-,23-,24-,25+/m0/s1. The molecule has 0 saturated carbocycles. The molecule has 0 bridgehead atoms. The normalized spacial score (nSPS) is 17.0. The van der Waals surface area contributed by atoms with Crippen LogP contribution in [0.25, 0.3) is 0 Å². The van der Waals surface area contributed by atoms with Gasteiger partial charge in [-0.3, -0.25) is 14.4 Å². The molecule has 5 N–H and O–H groups in total. The van der Waals surface area contributed by atoms with Crippen LogP contribution in [0.2, 0.25) is 0 Å². The molecule has 2 aromatic rings. The third-order valence-corrected chi connectivity index (χ3v) is 6.52. The molecule has 1 saturated heterocycles. The zero-order valence-electron chi connectivity index (χ0n) is 22.4. The maximum absolute atomic E-state index is 13.3. The van der Waals surface area contributed by atoms with Gasteiger partial charge in [0, 0.05) is 19.0 Å². The Bertz CT molecular complexity index is 1100. The summed E-state index contributed by atoms with van der Waals surface area (Å²) in [7, 11) is 0. The van der Waals surface area contributed by atoms with Crippen molar-refractivity contribution in [2.45, 2.75) is 64.4 Å². The van der Waals surface area contributed by atoms with Gasteiger partial charge in [-0.15, -0.1) is 0 Å². The van der Waals surface area contributed by atoms with Crippen molar-refractivity contribution in [2.24, 2.45) is 11.8 Å². The SMILES string of the molecule is CC(C)C[C@H](NC(=O)OCc1ccccc1)C(=O)N[C@@H](C[C@@H]1CCNC1=O)[C@@H](O)C(=O)NCc1ccccc1. The average molecular weight is 539 g/mol. The van der Waals surface area contributed by atoms with E-state index in [1.54, 1.807) is 0 Å². The van der Waals surface area contributed by atoms with E-state index in [1.165, 1.54) is 0 Å². The van der Waals surface area contributed by atoms with Crippen LogP contribution in [-0.2, 0) is 32.3 Å². The zero-order valence-corrected chi connectivity index (χ0v) is 22.4. The number of ether oxygens (including phenoxy) is 1. The Balaban J connectivity index is 1.66. The first-order valence-electron chi connectivity index (χ1n) is 13.3. The summed E-state index contributed by atoms with van der Waals surface area (Å²) in [6.45, 7) is 4.55. The molecule has 3 rings (SSSR count). The summed E-state index contributed by atoms with van der Waals surface area (Å²) in [5.74, 6) is -1.84. The summed E-state index contributed by atoms with van der Waals surface area (Å²) < 4.78 is 5.28. The molecule has 39 heavy (non-hydrogen) atoms. The van der Waals surface area contributed by atoms with Gasteiger partial charge in [-0.1, -0.05) is 74.5 Å². The fourth-order valence-electron chi connectivity index (χ4n) is 4.41. The van der Waals surface area contributed by atoms with Crippen molar-refractivity contribution >= 4 is 23.8 Å². The van der Waals surface area contributed by atoms with Crippen LogP contribution in [-0.4, -0.2) is 53.7 Å². The van der Waals surface area contributed by atoms with Gasteiger partial charge in [0.2, 0.25) is 11.8 Å². The number of nitrogens with one attached hydrogen (secondary N) is 4. The largest absolute Gasteiger partial charge is 0.445 e. The molecule has 4 atom stereocenters. The van der Waals surface area contributed by atoms with Crippen LogP contribution < -0.4 is 21.3 Å². The number of aliphatic hydroxyl groups excluding tert-OH is 1. The highest BCUT2D eigenvalue weighted by molar-refractivity contribution is 5.88. The number of carbonyl (C=O) groups is 4. The van der Waals surface area contributed by atoms with Gasteiger partial charge in [0.1, 0.15) is 12.6 Å². The summed E-state index contributed by atoms with van der Waals surface area (Å²) in [6, 6.07) is 16.4. The second-order valence-corrected chi connectivity index (χ2v) is 10.2. The topological polar surface area (TPSA) is 146 Å². The predicted molar refractivity (Wildman–Crippen MR) is 145 cm³/mol. The minimum atomic E-state index is -1.60. The second kappa shape index (κ2) is 14.9. The molecule has 2 aromatic carbocycles. The van der Waals surface area contributed by atoms with Gasteiger partial charge in [0.15, 0.2) is 6.10 Å². The van der Waals surface area contributed by atoms with E-state index in [0.717, 1.165) is 11.1 Å². The van der Waals surface area contributed by atoms with Crippen molar-refractivity contribution in [3.05, 3.63) is 71.8 Å². The van der Waals surface area contributed by atoms with E-state index >= 15 is 0 Å². The Morgan fingerprint density at radius 2 is 1.62 bits per heavy atom. The Morgan fingerprint density at radius 1 is 0.974 bits per heavy atom. The van der Waals surface area contributed by atoms with Crippen LogP contribution in [0, 0.1) is 11.8 Å². The lowest BCUT2D eigenvalue weighted by Gasteiger charge is -2.28. The minimum absolute atomic E-state index is 0.0441. The van der Waals surface area contributed by atoms with E-state index in [0.29, 0.717) is 19.4 Å². The number of aliphatic hydroxyl groups is 1. The summed E-state index contributed by atoms with van der Waals surface area (Å²) in [4.78, 5) is 50.9. The van der Waals surface area contributed by atoms with Crippen LogP contribution in [0.3, 0.4) is 0 Å². The van der Waals surface area contributed by atoms with E-state index in [9.17, 15) is 24.3 Å². The molecule has 1 aliphatic rings. The summed E-state index contributed by atoms with van der Waals surface area (Å²) in [5, 5.41) is 21.7. The smallest absolute Gasteiger partial charge is 0.408 e. The molecule has 10 nitrogen and oxygen atoms in total. The second-order valence-electron chi connectivity index (χ2n) is 10.2. The molecule has 0 aliphatic carbocycles. The summed E-state index contributed by atoms with van der Waals surface area (Å²) >= 11 is 0. The quantitative estimate of drug-likeness (QED) is 0.264. The van der Waals surface area contributed by atoms with Crippen molar-refractivity contribution in [2.75, 3.05) is 6.54 Å². The average Bonchev–Trinajstić information content (AvgIpc) is 3.34. The lowest BCUT2D eigenvalue weighted by atomic mass is 9.93. The number of rotatable bonds is 13. The highest BCUT2D eigenvalue weighted by Crippen LogP contribution is 2.19. The Morgan fingerprint density at radius 3 is 2.21 bits per heavy atom. The van der Waals surface area contributed by atoms with E-state index in [2.05, 4.69) is 21.3 Å². The van der Waals surface area contributed by atoms with Gasteiger partial charge < -0.3 is 31.1 Å². The van der Waals surface area contributed by atoms with Crippen LogP contribution >= 0.6 is 0 Å². The Labute approximate surface area is 228 Å². The van der Waals surface area contributed by atoms with E-state index < -0.39 is 42.0 Å². The van der Waals surface area contributed by atoms with Crippen LogP contribution in [0.4, 0.5) is 4.79 Å². The van der Waals surface area contributed by atoms with Gasteiger partial charge in [0.05, 0.1) is 6.04 Å². The first-order chi connectivity index (χ1) is 18.7. The Hall–Kier alpha value is -3.92. The van der Waals surface area contributed by atoms with Crippen LogP contribution in [0.5, 0.6) is 0 Å². The molecule has 0 aromatic heterocycles. The molecular weight excluding hydrogens is 500 g/mol. The monoisotopic (exact) mass is 538 g/mol. The van der Waals surface area contributed by atoms with Gasteiger partial charge >= 0.3 is 6.09 Å². The minimum Gasteiger partial charge on any atom is -0.445 e. The fraction of sp³-hybridized carbons (Fsp3) is 0.448. The number of amides is 4. The molecule has 10 heteroatoms. The van der Waals surface area contributed by atoms with Gasteiger partial charge in [-0.25, -0.2) is 4.79 Å². The number of benzene rings is 2. The van der Waals surface area contributed by atoms with Gasteiger partial charge in [0.25, 0.3) is 5.91 Å². The van der Waals surface area contributed by atoms with E-state index in [1.807, 2.05) is 74.5 Å². The molecule has 1 aliphatic heterocycles. The fourth-order valence-corrected chi connectivity index (χ4v) is 4.41. The molecule has 1 heterocycles. The molecular formula is C29H38N4O6. The summed E-state index contributed by atoms with van der Waals surface area (Å²) in [5.41, 5.74) is 1.65. The van der Waals surface area contributed by atoms with Gasteiger partial charge in [-0.2, -0.15) is 0 Å². The number of hydrogen-bond acceptors (Lipinski definition) is 6. The van der Waals surface area contributed by atoms with Crippen molar-refractivity contribution < 1.29 is 29.0 Å². The lowest BCUT2D eigenvalue weighted by Crippen LogP contribution is -2.56. The number of carbonyl (C=O) groups excluding carboxylic acids is 4. The molecule has 210 valence electrons. The van der Waals surface area contributed by atoms with Gasteiger partial charge in [-0.05, 0) is 36.3 Å². The maximum Gasteiger partial charge on any atom is 0.408 e. The van der Waals surface area contributed by atoms with Crippen molar-refractivity contribution in [3.63, 3.8) is 0 Å². The van der Waals surface area contributed by atoms with Crippen LogP contribution in [0.1, 0.15) is 44.2 Å². The highest BCUT2D eigenvalue weighted by Gasteiger charge is 2.36. The third-order valence-electron chi connectivity index (χ3n) is 6.52. The number of hydrogen-bond donors (Lipinski definition) is 5. The number of alkyl carbamates (subject to hydrolysis) is 1. The van der Waals surface area contributed by atoms with E-state index in [-0.39, 0.29) is 31.4 Å². The van der Waals surface area contributed by atoms with Crippen LogP contribution in [0.15, 0.2) is 60.7 Å². The molecule has 4 amide bonds.